The lowest BCUT2D eigenvalue weighted by molar-refractivity contribution is -0.133. The van der Waals surface area contributed by atoms with E-state index in [1.165, 1.54) is 11.8 Å². The SMILES string of the molecule is CCCn1c(CC2CCCO2)nnc1SCC(=O)O. The molecule has 1 N–H and O–H groups in total. The summed E-state index contributed by atoms with van der Waals surface area (Å²) in [5.74, 6) is 0.0836. The summed E-state index contributed by atoms with van der Waals surface area (Å²) >= 11 is 1.22. The molecule has 2 heterocycles. The summed E-state index contributed by atoms with van der Waals surface area (Å²) in [6.45, 7) is 3.73. The molecule has 2 rings (SSSR count). The van der Waals surface area contributed by atoms with Crippen LogP contribution in [-0.4, -0.2) is 44.3 Å². The van der Waals surface area contributed by atoms with Gasteiger partial charge in [-0.05, 0) is 19.3 Å². The molecule has 1 aromatic heterocycles. The summed E-state index contributed by atoms with van der Waals surface area (Å²) in [5, 5.41) is 17.7. The van der Waals surface area contributed by atoms with Crippen LogP contribution in [0.25, 0.3) is 0 Å². The quantitative estimate of drug-likeness (QED) is 0.767. The maximum Gasteiger partial charge on any atom is 0.313 e. The molecule has 1 saturated heterocycles. The van der Waals surface area contributed by atoms with E-state index in [9.17, 15) is 4.79 Å². The highest BCUT2D eigenvalue weighted by molar-refractivity contribution is 7.99. The van der Waals surface area contributed by atoms with Crippen LogP contribution in [0.4, 0.5) is 0 Å². The summed E-state index contributed by atoms with van der Waals surface area (Å²) in [7, 11) is 0. The Bertz CT molecular complexity index is 430. The zero-order valence-corrected chi connectivity index (χ0v) is 11.9. The lowest BCUT2D eigenvalue weighted by Gasteiger charge is -2.11. The number of aliphatic carboxylic acids is 1. The highest BCUT2D eigenvalue weighted by Gasteiger charge is 2.21. The minimum atomic E-state index is -0.836. The third-order valence-corrected chi connectivity index (χ3v) is 3.95. The first-order chi connectivity index (χ1) is 9.20. The highest BCUT2D eigenvalue weighted by atomic mass is 32.2. The molecule has 0 bridgehead atoms. The van der Waals surface area contributed by atoms with Crippen molar-refractivity contribution < 1.29 is 14.6 Å². The minimum Gasteiger partial charge on any atom is -0.481 e. The van der Waals surface area contributed by atoms with E-state index < -0.39 is 5.97 Å². The normalized spacial score (nSPS) is 18.9. The Morgan fingerprint density at radius 2 is 2.42 bits per heavy atom. The van der Waals surface area contributed by atoms with Gasteiger partial charge in [0.15, 0.2) is 5.16 Å². The average Bonchev–Trinajstić information content (AvgIpc) is 2.99. The van der Waals surface area contributed by atoms with E-state index >= 15 is 0 Å². The molecule has 1 unspecified atom stereocenters. The predicted molar refractivity (Wildman–Crippen MR) is 71.4 cm³/mol. The molecule has 19 heavy (non-hydrogen) atoms. The van der Waals surface area contributed by atoms with Crippen LogP contribution in [0, 0.1) is 0 Å². The fraction of sp³-hybridized carbons (Fsp3) is 0.750. The van der Waals surface area contributed by atoms with Gasteiger partial charge in [-0.3, -0.25) is 4.79 Å². The van der Waals surface area contributed by atoms with Gasteiger partial charge in [0.2, 0.25) is 0 Å². The molecule has 0 saturated carbocycles. The minimum absolute atomic E-state index is 0.0157. The van der Waals surface area contributed by atoms with Crippen LogP contribution >= 0.6 is 11.8 Å². The molecule has 0 aromatic carbocycles. The number of nitrogens with zero attached hydrogens (tertiary/aromatic N) is 3. The van der Waals surface area contributed by atoms with Gasteiger partial charge in [-0.2, -0.15) is 0 Å². The Hall–Kier alpha value is -1.08. The molecule has 1 aliphatic rings. The molecule has 0 spiro atoms. The highest BCUT2D eigenvalue weighted by Crippen LogP contribution is 2.21. The van der Waals surface area contributed by atoms with Gasteiger partial charge in [0.25, 0.3) is 0 Å². The molecular weight excluding hydrogens is 266 g/mol. The zero-order valence-electron chi connectivity index (χ0n) is 11.0. The van der Waals surface area contributed by atoms with E-state index in [-0.39, 0.29) is 11.9 Å². The van der Waals surface area contributed by atoms with Crippen molar-refractivity contribution in [1.29, 1.82) is 0 Å². The molecule has 6 nitrogen and oxygen atoms in total. The molecule has 0 radical (unpaired) electrons. The van der Waals surface area contributed by atoms with Gasteiger partial charge in [0.1, 0.15) is 5.82 Å². The number of hydrogen-bond donors (Lipinski definition) is 1. The number of carboxylic acids is 1. The molecule has 7 heteroatoms. The van der Waals surface area contributed by atoms with Crippen molar-refractivity contribution in [3.63, 3.8) is 0 Å². The first kappa shape index (κ1) is 14.3. The first-order valence-corrected chi connectivity index (χ1v) is 7.57. The van der Waals surface area contributed by atoms with Gasteiger partial charge >= 0.3 is 5.97 Å². The third-order valence-electron chi connectivity index (χ3n) is 3.00. The monoisotopic (exact) mass is 285 g/mol. The predicted octanol–water partition coefficient (Wildman–Crippen LogP) is 1.59. The van der Waals surface area contributed by atoms with Crippen molar-refractivity contribution in [3.05, 3.63) is 5.82 Å². The Balaban J connectivity index is 2.06. The summed E-state index contributed by atoms with van der Waals surface area (Å²) in [6, 6.07) is 0. The average molecular weight is 285 g/mol. The molecule has 1 atom stereocenters. The van der Waals surface area contributed by atoms with Gasteiger partial charge in [-0.15, -0.1) is 10.2 Å². The second kappa shape index (κ2) is 6.91. The van der Waals surface area contributed by atoms with Crippen molar-refractivity contribution in [2.75, 3.05) is 12.4 Å². The zero-order chi connectivity index (χ0) is 13.7. The number of ether oxygens (including phenoxy) is 1. The number of hydrogen-bond acceptors (Lipinski definition) is 5. The molecule has 106 valence electrons. The van der Waals surface area contributed by atoms with Gasteiger partial charge in [0.05, 0.1) is 11.9 Å². The van der Waals surface area contributed by atoms with Crippen molar-refractivity contribution in [1.82, 2.24) is 14.8 Å². The van der Waals surface area contributed by atoms with Crippen LogP contribution in [0.5, 0.6) is 0 Å². The lowest BCUT2D eigenvalue weighted by Crippen LogP contribution is -2.14. The van der Waals surface area contributed by atoms with E-state index in [1.807, 2.05) is 4.57 Å². The molecular formula is C12H19N3O3S. The number of carbonyl (C=O) groups is 1. The van der Waals surface area contributed by atoms with Crippen LogP contribution in [0.1, 0.15) is 32.0 Å². The summed E-state index contributed by atoms with van der Waals surface area (Å²) in [4.78, 5) is 10.6. The van der Waals surface area contributed by atoms with Crippen LogP contribution < -0.4 is 0 Å². The second-order valence-corrected chi connectivity index (χ2v) is 5.51. The molecule has 1 fully saturated rings. The number of aromatic nitrogens is 3. The summed E-state index contributed by atoms with van der Waals surface area (Å²) in [5.41, 5.74) is 0. The Morgan fingerprint density at radius 3 is 3.05 bits per heavy atom. The van der Waals surface area contributed by atoms with E-state index in [0.29, 0.717) is 5.16 Å². The van der Waals surface area contributed by atoms with E-state index in [2.05, 4.69) is 17.1 Å². The molecule has 1 aliphatic heterocycles. The topological polar surface area (TPSA) is 77.2 Å². The van der Waals surface area contributed by atoms with Crippen LogP contribution in [-0.2, 0) is 22.5 Å². The standard InChI is InChI=1S/C12H19N3O3S/c1-2-5-15-10(7-9-4-3-6-18-9)13-14-12(15)19-8-11(16)17/h9H,2-8H2,1H3,(H,16,17). The third kappa shape index (κ3) is 3.94. The summed E-state index contributed by atoms with van der Waals surface area (Å²) < 4.78 is 7.64. The van der Waals surface area contributed by atoms with Gasteiger partial charge in [0, 0.05) is 19.6 Å². The van der Waals surface area contributed by atoms with Gasteiger partial charge in [-0.1, -0.05) is 18.7 Å². The largest absolute Gasteiger partial charge is 0.481 e. The van der Waals surface area contributed by atoms with Crippen molar-refractivity contribution in [2.24, 2.45) is 0 Å². The fourth-order valence-electron chi connectivity index (χ4n) is 2.16. The van der Waals surface area contributed by atoms with Crippen LogP contribution in [0.2, 0.25) is 0 Å². The van der Waals surface area contributed by atoms with Crippen molar-refractivity contribution in [3.8, 4) is 0 Å². The smallest absolute Gasteiger partial charge is 0.313 e. The number of thioether (sulfide) groups is 1. The maximum absolute atomic E-state index is 10.6. The van der Waals surface area contributed by atoms with Crippen molar-refractivity contribution in [2.45, 2.75) is 50.4 Å². The molecule has 0 aliphatic carbocycles. The van der Waals surface area contributed by atoms with Gasteiger partial charge in [-0.25, -0.2) is 0 Å². The molecule has 0 amide bonds. The van der Waals surface area contributed by atoms with Crippen LogP contribution in [0.15, 0.2) is 5.16 Å². The van der Waals surface area contributed by atoms with E-state index in [4.69, 9.17) is 9.84 Å². The Kier molecular flexibility index (Phi) is 5.21. The molecule has 1 aromatic rings. The number of rotatable bonds is 7. The second-order valence-electron chi connectivity index (χ2n) is 4.57. The maximum atomic E-state index is 10.6. The van der Waals surface area contributed by atoms with Crippen molar-refractivity contribution >= 4 is 17.7 Å². The fourth-order valence-corrected chi connectivity index (χ4v) is 2.86. The van der Waals surface area contributed by atoms with Gasteiger partial charge < -0.3 is 14.4 Å². The summed E-state index contributed by atoms with van der Waals surface area (Å²) in [6.07, 6.45) is 4.14. The first-order valence-electron chi connectivity index (χ1n) is 6.59. The Morgan fingerprint density at radius 1 is 1.58 bits per heavy atom. The van der Waals surface area contributed by atoms with E-state index in [1.54, 1.807) is 0 Å². The lowest BCUT2D eigenvalue weighted by atomic mass is 10.2. The van der Waals surface area contributed by atoms with Crippen LogP contribution in [0.3, 0.4) is 0 Å². The Labute approximate surface area is 116 Å². The number of carboxylic acid groups (broad SMARTS) is 1. The van der Waals surface area contributed by atoms with E-state index in [0.717, 1.165) is 44.7 Å².